The molecule has 1 rings (SSSR count). The van der Waals surface area contributed by atoms with Crippen molar-refractivity contribution in [3.05, 3.63) is 12.4 Å². The minimum Gasteiger partial charge on any atom is -0.356 e. The van der Waals surface area contributed by atoms with Crippen LogP contribution in [0.4, 0.5) is 0 Å². The zero-order valence-electron chi connectivity index (χ0n) is 34.6. The second kappa shape index (κ2) is 38.6. The van der Waals surface area contributed by atoms with Crippen molar-refractivity contribution < 1.29 is 0 Å². The van der Waals surface area contributed by atoms with Gasteiger partial charge in [0.1, 0.15) is 6.17 Å². The Kier molecular flexibility index (Phi) is 36.5. The Bertz CT molecular complexity index is 644. The number of unbranched alkanes of at least 4 members (excludes halogenated alkanes) is 35. The van der Waals surface area contributed by atoms with E-state index >= 15 is 0 Å². The van der Waals surface area contributed by atoms with Crippen molar-refractivity contribution in [2.24, 2.45) is 0 Å². The van der Waals surface area contributed by atoms with E-state index in [0.29, 0.717) is 6.17 Å². The van der Waals surface area contributed by atoms with E-state index in [1.54, 1.807) is 0 Å². The molecule has 1 aliphatic rings. The van der Waals surface area contributed by atoms with Crippen molar-refractivity contribution in [2.45, 2.75) is 277 Å². The molecule has 0 saturated heterocycles. The first kappa shape index (κ1) is 46.4. The Labute approximate surface area is 311 Å². The minimum atomic E-state index is 0.637. The maximum atomic E-state index is 2.73. The van der Waals surface area contributed by atoms with E-state index in [2.05, 4.69) is 43.0 Å². The lowest BCUT2D eigenvalue weighted by molar-refractivity contribution is 0.135. The van der Waals surface area contributed by atoms with Gasteiger partial charge in [-0.1, -0.05) is 245 Å². The Morgan fingerprint density at radius 2 is 0.469 bits per heavy atom. The molecule has 2 nitrogen and oxygen atoms in total. The summed E-state index contributed by atoms with van der Waals surface area (Å²) in [4.78, 5) is 5.46. The third-order valence-electron chi connectivity index (χ3n) is 11.6. The van der Waals surface area contributed by atoms with Gasteiger partial charge in [0.05, 0.1) is 0 Å². The fourth-order valence-corrected chi connectivity index (χ4v) is 8.13. The molecule has 0 spiro atoms. The van der Waals surface area contributed by atoms with E-state index in [-0.39, 0.29) is 0 Å². The average Bonchev–Trinajstić information content (AvgIpc) is 3.50. The van der Waals surface area contributed by atoms with Crippen LogP contribution in [0.1, 0.15) is 271 Å². The molecule has 0 amide bonds. The van der Waals surface area contributed by atoms with Crippen molar-refractivity contribution in [3.8, 4) is 0 Å². The second-order valence-corrected chi connectivity index (χ2v) is 16.4. The van der Waals surface area contributed by atoms with E-state index in [9.17, 15) is 0 Å². The molecule has 1 unspecified atom stereocenters. The molecule has 1 atom stereocenters. The minimum absolute atomic E-state index is 0.637. The zero-order chi connectivity index (χ0) is 35.1. The van der Waals surface area contributed by atoms with Crippen molar-refractivity contribution >= 4 is 0 Å². The van der Waals surface area contributed by atoms with Crippen LogP contribution in [-0.4, -0.2) is 29.1 Å². The number of rotatable bonds is 41. The Morgan fingerprint density at radius 3 is 0.714 bits per heavy atom. The van der Waals surface area contributed by atoms with Crippen molar-refractivity contribution in [2.75, 3.05) is 13.1 Å². The maximum absolute atomic E-state index is 2.73. The monoisotopic (exact) mass is 687 g/mol. The molecule has 0 saturated carbocycles. The molecule has 0 bridgehead atoms. The van der Waals surface area contributed by atoms with Crippen LogP contribution < -0.4 is 0 Å². The molecular formula is C47H94N2. The highest BCUT2D eigenvalue weighted by Gasteiger charge is 2.24. The van der Waals surface area contributed by atoms with Gasteiger partial charge in [-0.2, -0.15) is 0 Å². The van der Waals surface area contributed by atoms with Crippen molar-refractivity contribution in [3.63, 3.8) is 0 Å². The van der Waals surface area contributed by atoms with Crippen molar-refractivity contribution in [1.82, 2.24) is 9.80 Å². The Balaban J connectivity index is 2.17. The van der Waals surface area contributed by atoms with Crippen LogP contribution in [0.25, 0.3) is 0 Å². The fourth-order valence-electron chi connectivity index (χ4n) is 8.13. The summed E-state index contributed by atoms with van der Waals surface area (Å²) in [6.07, 6.45) is 61.9. The van der Waals surface area contributed by atoms with Crippen LogP contribution in [-0.2, 0) is 0 Å². The summed E-state index contributed by atoms with van der Waals surface area (Å²) in [5.74, 6) is 0. The van der Waals surface area contributed by atoms with Gasteiger partial charge in [-0.05, 0) is 25.7 Å². The van der Waals surface area contributed by atoms with Crippen LogP contribution in [0.5, 0.6) is 0 Å². The molecule has 1 heterocycles. The number of hydrogen-bond acceptors (Lipinski definition) is 2. The lowest BCUT2D eigenvalue weighted by Gasteiger charge is -2.33. The van der Waals surface area contributed by atoms with Gasteiger partial charge >= 0.3 is 0 Å². The summed E-state index contributed by atoms with van der Waals surface area (Å²) in [7, 11) is 0. The predicted molar refractivity (Wildman–Crippen MR) is 223 cm³/mol. The highest BCUT2D eigenvalue weighted by molar-refractivity contribution is 4.97. The van der Waals surface area contributed by atoms with Crippen LogP contribution in [0.3, 0.4) is 0 Å². The first-order chi connectivity index (χ1) is 24.3. The quantitative estimate of drug-likeness (QED) is 0.0591. The molecular weight excluding hydrogens is 593 g/mol. The molecule has 0 aromatic rings. The summed E-state index contributed by atoms with van der Waals surface area (Å²) in [5.41, 5.74) is 0. The number of nitrogens with zero attached hydrogens (tertiary/aromatic N) is 2. The van der Waals surface area contributed by atoms with Gasteiger partial charge in [0.25, 0.3) is 0 Å². The summed E-state index contributed by atoms with van der Waals surface area (Å²) >= 11 is 0. The third kappa shape index (κ3) is 30.7. The van der Waals surface area contributed by atoms with E-state index in [1.807, 2.05) is 0 Å². The van der Waals surface area contributed by atoms with Gasteiger partial charge in [-0.15, -0.1) is 0 Å². The van der Waals surface area contributed by atoms with Gasteiger partial charge in [0.15, 0.2) is 0 Å². The largest absolute Gasteiger partial charge is 0.356 e. The molecule has 0 aromatic heterocycles. The first-order valence-corrected chi connectivity index (χ1v) is 23.5. The molecule has 0 radical (unpaired) electrons. The van der Waals surface area contributed by atoms with Crippen LogP contribution in [0, 0.1) is 0 Å². The van der Waals surface area contributed by atoms with Gasteiger partial charge in [-0.3, -0.25) is 0 Å². The summed E-state index contributed by atoms with van der Waals surface area (Å²) in [6, 6.07) is 0. The normalized spacial score (nSPS) is 14.6. The van der Waals surface area contributed by atoms with Crippen LogP contribution >= 0.6 is 0 Å². The zero-order valence-corrected chi connectivity index (χ0v) is 34.6. The van der Waals surface area contributed by atoms with Gasteiger partial charge in [-0.25, -0.2) is 0 Å². The molecule has 0 N–H and O–H groups in total. The van der Waals surface area contributed by atoms with Gasteiger partial charge in [0, 0.05) is 25.5 Å². The highest BCUT2D eigenvalue weighted by Crippen LogP contribution is 2.24. The third-order valence-corrected chi connectivity index (χ3v) is 11.6. The van der Waals surface area contributed by atoms with E-state index in [0.717, 1.165) is 0 Å². The molecule has 0 aromatic carbocycles. The Morgan fingerprint density at radius 1 is 0.265 bits per heavy atom. The molecule has 292 valence electrons. The second-order valence-electron chi connectivity index (χ2n) is 16.4. The average molecular weight is 687 g/mol. The van der Waals surface area contributed by atoms with Crippen LogP contribution in [0.15, 0.2) is 12.4 Å². The molecule has 2 heteroatoms. The SMILES string of the molecule is CCCCCCCCCCCCCCCCCCC1N(CCCCCCCCCC)C=CN1CCCCCCCCCCCCCCCC. The maximum Gasteiger partial charge on any atom is 0.101 e. The van der Waals surface area contributed by atoms with Crippen molar-refractivity contribution in [1.29, 1.82) is 0 Å². The lowest BCUT2D eigenvalue weighted by Crippen LogP contribution is -2.39. The fraction of sp³-hybridized carbons (Fsp3) is 0.957. The van der Waals surface area contributed by atoms with E-state index in [4.69, 9.17) is 0 Å². The van der Waals surface area contributed by atoms with Gasteiger partial charge in [0.2, 0.25) is 0 Å². The summed E-state index contributed by atoms with van der Waals surface area (Å²) in [6.45, 7) is 9.49. The molecule has 0 aliphatic carbocycles. The molecule has 49 heavy (non-hydrogen) atoms. The summed E-state index contributed by atoms with van der Waals surface area (Å²) in [5, 5.41) is 0. The summed E-state index contributed by atoms with van der Waals surface area (Å²) < 4.78 is 0. The Hall–Kier alpha value is -0.660. The number of hydrogen-bond donors (Lipinski definition) is 0. The smallest absolute Gasteiger partial charge is 0.101 e. The molecule has 0 fully saturated rings. The lowest BCUT2D eigenvalue weighted by atomic mass is 10.0. The highest BCUT2D eigenvalue weighted by atomic mass is 15.4. The predicted octanol–water partition coefficient (Wildman–Crippen LogP) is 16.7. The van der Waals surface area contributed by atoms with Crippen LogP contribution in [0.2, 0.25) is 0 Å². The van der Waals surface area contributed by atoms with Gasteiger partial charge < -0.3 is 9.80 Å². The standard InChI is InChI=1S/C47H94N2/c1-4-7-10-13-16-19-21-23-25-26-27-29-31-33-36-39-42-47-48(43-40-37-34-18-15-12-9-6-3)45-46-49(47)44-41-38-35-32-30-28-24-22-20-17-14-11-8-5-2/h45-47H,4-44H2,1-3H3. The van der Waals surface area contributed by atoms with E-state index < -0.39 is 0 Å². The first-order valence-electron chi connectivity index (χ1n) is 23.5. The van der Waals surface area contributed by atoms with E-state index in [1.165, 1.54) is 264 Å². The topological polar surface area (TPSA) is 6.48 Å². The molecule has 1 aliphatic heterocycles.